The molecule has 16 heavy (non-hydrogen) atoms. The average Bonchev–Trinajstić information content (AvgIpc) is 2.96. The lowest BCUT2D eigenvalue weighted by atomic mass is 10.3. The molecule has 0 spiro atoms. The van der Waals surface area contributed by atoms with Crippen LogP contribution in [0.3, 0.4) is 0 Å². The van der Waals surface area contributed by atoms with Gasteiger partial charge in [-0.05, 0) is 23.9 Å². The summed E-state index contributed by atoms with van der Waals surface area (Å²) < 4.78 is 0. The van der Waals surface area contributed by atoms with E-state index in [-0.39, 0.29) is 22.8 Å². The zero-order valence-corrected chi connectivity index (χ0v) is 9.44. The zero-order chi connectivity index (χ0) is 11.7. The number of hydrogen-bond donors (Lipinski definition) is 1. The van der Waals surface area contributed by atoms with E-state index in [1.807, 2.05) is 0 Å². The lowest BCUT2D eigenvalue weighted by Crippen LogP contribution is -2.09. The molecule has 6 nitrogen and oxygen atoms in total. The highest BCUT2D eigenvalue weighted by molar-refractivity contribution is 6.28. The van der Waals surface area contributed by atoms with E-state index in [0.717, 1.165) is 19.0 Å². The van der Waals surface area contributed by atoms with Crippen molar-refractivity contribution in [2.45, 2.75) is 25.8 Å². The highest BCUT2D eigenvalue weighted by Crippen LogP contribution is 2.37. The fourth-order valence-electron chi connectivity index (χ4n) is 1.64. The molecule has 2 atom stereocenters. The topological polar surface area (TPSA) is 81.0 Å². The number of nitrogens with zero attached hydrogens (tertiary/aromatic N) is 3. The van der Waals surface area contributed by atoms with Crippen molar-refractivity contribution in [3.05, 3.63) is 21.6 Å². The maximum absolute atomic E-state index is 10.7. The van der Waals surface area contributed by atoms with Crippen molar-refractivity contribution in [2.75, 3.05) is 5.32 Å². The molecule has 86 valence electrons. The number of aromatic nitrogens is 2. The van der Waals surface area contributed by atoms with E-state index in [2.05, 4.69) is 22.2 Å². The van der Waals surface area contributed by atoms with E-state index >= 15 is 0 Å². The first-order valence-corrected chi connectivity index (χ1v) is 5.43. The van der Waals surface area contributed by atoms with Gasteiger partial charge in [-0.25, -0.2) is 4.98 Å². The molecule has 1 aromatic rings. The summed E-state index contributed by atoms with van der Waals surface area (Å²) in [5.41, 5.74) is -0.133. The van der Waals surface area contributed by atoms with Crippen molar-refractivity contribution in [2.24, 2.45) is 5.92 Å². The Bertz CT molecular complexity index is 426. The Balaban J connectivity index is 2.18. The van der Waals surface area contributed by atoms with Gasteiger partial charge in [0.25, 0.3) is 0 Å². The normalized spacial score (nSPS) is 22.9. The number of nitrogens with one attached hydrogen (secondary N) is 1. The summed E-state index contributed by atoms with van der Waals surface area (Å²) in [6, 6.07) is 0.273. The summed E-state index contributed by atoms with van der Waals surface area (Å²) in [4.78, 5) is 17.7. The van der Waals surface area contributed by atoms with Gasteiger partial charge < -0.3 is 5.32 Å². The third kappa shape index (κ3) is 2.21. The van der Waals surface area contributed by atoms with Crippen LogP contribution in [0.1, 0.15) is 19.8 Å². The summed E-state index contributed by atoms with van der Waals surface area (Å²) in [6.07, 6.45) is 3.21. The molecule has 1 fully saturated rings. The van der Waals surface area contributed by atoms with Crippen LogP contribution in [0.15, 0.2) is 6.20 Å². The number of halogens is 1. The van der Waals surface area contributed by atoms with Crippen molar-refractivity contribution < 1.29 is 4.92 Å². The molecule has 2 rings (SSSR count). The molecule has 1 aromatic heterocycles. The molecule has 0 radical (unpaired) electrons. The molecular weight excluding hydrogens is 232 g/mol. The minimum Gasteiger partial charge on any atom is -0.361 e. The standard InChI is InChI=1S/C9H11ClN4O2/c1-2-5-3-6(5)12-8-7(14(15)16)4-11-9(10)13-8/h4-6H,2-3H2,1H3,(H,11,12,13). The molecule has 0 aliphatic heterocycles. The van der Waals surface area contributed by atoms with E-state index in [9.17, 15) is 10.1 Å². The number of rotatable bonds is 4. The molecule has 0 aromatic carbocycles. The summed E-state index contributed by atoms with van der Waals surface area (Å²) in [5.74, 6) is 0.791. The van der Waals surface area contributed by atoms with Gasteiger partial charge in [0.2, 0.25) is 11.1 Å². The second kappa shape index (κ2) is 4.21. The van der Waals surface area contributed by atoms with Crippen LogP contribution in [0.5, 0.6) is 0 Å². The van der Waals surface area contributed by atoms with Crippen LogP contribution in [0.25, 0.3) is 0 Å². The first-order chi connectivity index (χ1) is 7.61. The molecule has 1 aliphatic rings. The smallest absolute Gasteiger partial charge is 0.329 e. The molecule has 0 amide bonds. The minimum absolute atomic E-state index is 0.0156. The molecule has 1 saturated carbocycles. The molecule has 1 heterocycles. The first kappa shape index (κ1) is 11.1. The van der Waals surface area contributed by atoms with Crippen LogP contribution in [0, 0.1) is 16.0 Å². The van der Waals surface area contributed by atoms with Crippen molar-refractivity contribution in [1.82, 2.24) is 9.97 Å². The predicted octanol–water partition coefficient (Wildman–Crippen LogP) is 2.25. The van der Waals surface area contributed by atoms with Gasteiger partial charge in [-0.2, -0.15) is 4.98 Å². The molecule has 0 bridgehead atoms. The van der Waals surface area contributed by atoms with Crippen molar-refractivity contribution in [3.8, 4) is 0 Å². The lowest BCUT2D eigenvalue weighted by Gasteiger charge is -2.04. The van der Waals surface area contributed by atoms with Crippen LogP contribution >= 0.6 is 11.6 Å². The highest BCUT2D eigenvalue weighted by Gasteiger charge is 2.37. The summed E-state index contributed by atoms with van der Waals surface area (Å²) in [6.45, 7) is 2.09. The SMILES string of the molecule is CCC1CC1Nc1nc(Cl)ncc1[N+](=O)[O-]. The maximum Gasteiger partial charge on any atom is 0.329 e. The highest BCUT2D eigenvalue weighted by atomic mass is 35.5. The molecule has 1 aliphatic carbocycles. The maximum atomic E-state index is 10.7. The summed E-state index contributed by atoms with van der Waals surface area (Å²) >= 11 is 5.61. The van der Waals surface area contributed by atoms with Gasteiger partial charge in [-0.15, -0.1) is 0 Å². The average molecular weight is 243 g/mol. The fraction of sp³-hybridized carbons (Fsp3) is 0.556. The van der Waals surface area contributed by atoms with Gasteiger partial charge in [0.05, 0.1) is 4.92 Å². The third-order valence-corrected chi connectivity index (χ3v) is 2.89. The van der Waals surface area contributed by atoms with Gasteiger partial charge in [-0.1, -0.05) is 13.3 Å². The van der Waals surface area contributed by atoms with Gasteiger partial charge in [0.1, 0.15) is 6.20 Å². The predicted molar refractivity (Wildman–Crippen MR) is 59.5 cm³/mol. The van der Waals surface area contributed by atoms with Crippen molar-refractivity contribution in [3.63, 3.8) is 0 Å². The van der Waals surface area contributed by atoms with Gasteiger partial charge in [-0.3, -0.25) is 10.1 Å². The van der Waals surface area contributed by atoms with Crippen LogP contribution in [-0.2, 0) is 0 Å². The Morgan fingerprint density at radius 1 is 1.75 bits per heavy atom. The summed E-state index contributed by atoms with van der Waals surface area (Å²) in [5, 5.41) is 13.8. The molecule has 7 heteroatoms. The van der Waals surface area contributed by atoms with Crippen molar-refractivity contribution in [1.29, 1.82) is 0 Å². The van der Waals surface area contributed by atoms with Gasteiger partial charge in [0.15, 0.2) is 0 Å². The molecular formula is C9H11ClN4O2. The van der Waals surface area contributed by atoms with Gasteiger partial charge in [0, 0.05) is 6.04 Å². The van der Waals surface area contributed by atoms with E-state index < -0.39 is 4.92 Å². The third-order valence-electron chi connectivity index (χ3n) is 2.71. The number of hydrogen-bond acceptors (Lipinski definition) is 5. The van der Waals surface area contributed by atoms with E-state index in [4.69, 9.17) is 11.6 Å². The quantitative estimate of drug-likeness (QED) is 0.498. The van der Waals surface area contributed by atoms with E-state index in [1.54, 1.807) is 0 Å². The molecule has 2 unspecified atom stereocenters. The molecule has 0 saturated heterocycles. The Morgan fingerprint density at radius 2 is 2.50 bits per heavy atom. The zero-order valence-electron chi connectivity index (χ0n) is 8.68. The van der Waals surface area contributed by atoms with Crippen LogP contribution < -0.4 is 5.32 Å². The Labute approximate surface area is 97.2 Å². The second-order valence-corrected chi connectivity index (χ2v) is 4.12. The van der Waals surface area contributed by atoms with E-state index in [1.165, 1.54) is 0 Å². The Hall–Kier alpha value is -1.43. The second-order valence-electron chi connectivity index (χ2n) is 3.78. The Morgan fingerprint density at radius 3 is 3.06 bits per heavy atom. The van der Waals surface area contributed by atoms with Gasteiger partial charge >= 0.3 is 5.69 Å². The van der Waals surface area contributed by atoms with E-state index in [0.29, 0.717) is 5.92 Å². The molecule has 1 N–H and O–H groups in total. The lowest BCUT2D eigenvalue weighted by molar-refractivity contribution is -0.384. The Kier molecular flexibility index (Phi) is 2.91. The number of anilines is 1. The minimum atomic E-state index is -0.512. The number of nitro groups is 1. The van der Waals surface area contributed by atoms with Crippen LogP contribution in [0.4, 0.5) is 11.5 Å². The van der Waals surface area contributed by atoms with Crippen LogP contribution in [-0.4, -0.2) is 20.9 Å². The van der Waals surface area contributed by atoms with Crippen molar-refractivity contribution >= 4 is 23.1 Å². The fourth-order valence-corrected chi connectivity index (χ4v) is 1.78. The monoisotopic (exact) mass is 242 g/mol. The summed E-state index contributed by atoms with van der Waals surface area (Å²) in [7, 11) is 0. The van der Waals surface area contributed by atoms with Crippen LogP contribution in [0.2, 0.25) is 5.28 Å². The first-order valence-electron chi connectivity index (χ1n) is 5.05. The largest absolute Gasteiger partial charge is 0.361 e.